The van der Waals surface area contributed by atoms with Gasteiger partial charge in [0.1, 0.15) is 0 Å². The second-order valence-electron chi connectivity index (χ2n) is 10.9. The lowest BCUT2D eigenvalue weighted by molar-refractivity contribution is -0.236. The minimum atomic E-state index is -4.34. The van der Waals surface area contributed by atoms with Crippen LogP contribution in [0.25, 0.3) is 0 Å². The van der Waals surface area contributed by atoms with E-state index in [0.717, 1.165) is 11.3 Å². The molecule has 4 atom stereocenters. The van der Waals surface area contributed by atoms with Crippen LogP contribution in [0.15, 0.2) is 41.4 Å². The van der Waals surface area contributed by atoms with Gasteiger partial charge in [-0.05, 0) is 54.0 Å². The lowest BCUT2D eigenvalue weighted by atomic mass is 9.95. The van der Waals surface area contributed by atoms with Gasteiger partial charge >= 0.3 is 6.18 Å². The van der Waals surface area contributed by atoms with Crippen molar-refractivity contribution in [2.75, 3.05) is 25.5 Å². The predicted molar refractivity (Wildman–Crippen MR) is 142 cm³/mol. The van der Waals surface area contributed by atoms with Crippen molar-refractivity contribution in [1.29, 1.82) is 0 Å². The molecule has 2 aromatic rings. The maximum Gasteiger partial charge on any atom is 0.414 e. The average molecular weight is 584 g/mol. The fraction of sp³-hybridized carbons (Fsp3) is 0.571. The van der Waals surface area contributed by atoms with Crippen LogP contribution in [-0.4, -0.2) is 67.1 Å². The number of carbonyl (C=O) groups is 1. The number of sulfone groups is 1. The van der Waals surface area contributed by atoms with Crippen LogP contribution >= 0.6 is 0 Å². The van der Waals surface area contributed by atoms with Crippen molar-refractivity contribution in [3.63, 3.8) is 0 Å². The monoisotopic (exact) mass is 583 g/mol. The second-order valence-corrected chi connectivity index (χ2v) is 13.2. The Morgan fingerprint density at radius 2 is 1.93 bits per heavy atom. The Morgan fingerprint density at radius 3 is 2.48 bits per heavy atom. The summed E-state index contributed by atoms with van der Waals surface area (Å²) in [5.41, 5.74) is 2.61. The van der Waals surface area contributed by atoms with Crippen LogP contribution in [0, 0.1) is 11.8 Å². The maximum atomic E-state index is 13.1. The number of benzene rings is 1. The smallest absolute Gasteiger partial charge is 0.394 e. The van der Waals surface area contributed by atoms with E-state index in [1.807, 2.05) is 0 Å². The highest BCUT2D eigenvalue weighted by molar-refractivity contribution is 7.91. The molecule has 2 unspecified atom stereocenters. The first-order chi connectivity index (χ1) is 18.8. The highest BCUT2D eigenvalue weighted by Crippen LogP contribution is 2.40. The molecule has 1 fully saturated rings. The van der Waals surface area contributed by atoms with E-state index in [2.05, 4.69) is 29.0 Å². The van der Waals surface area contributed by atoms with Crippen LogP contribution in [0.4, 0.5) is 13.2 Å². The van der Waals surface area contributed by atoms with Crippen LogP contribution in [0.3, 0.4) is 0 Å². The quantitative estimate of drug-likeness (QED) is 0.455. The summed E-state index contributed by atoms with van der Waals surface area (Å²) in [6, 6.07) is 7.06. The van der Waals surface area contributed by atoms with Gasteiger partial charge in [-0.15, -0.1) is 0 Å². The zero-order valence-corrected chi connectivity index (χ0v) is 23.6. The number of hydrogen-bond donors (Lipinski definition) is 2. The number of aliphatic hydroxyl groups is 1. The van der Waals surface area contributed by atoms with Crippen LogP contribution in [0.5, 0.6) is 0 Å². The molecule has 2 N–H and O–H groups in total. The van der Waals surface area contributed by atoms with Gasteiger partial charge in [0.25, 0.3) is 5.91 Å². The van der Waals surface area contributed by atoms with Crippen molar-refractivity contribution < 1.29 is 36.2 Å². The van der Waals surface area contributed by atoms with Crippen molar-refractivity contribution in [2.24, 2.45) is 11.8 Å². The van der Waals surface area contributed by atoms with E-state index >= 15 is 0 Å². The Hall–Kier alpha value is -2.54. The molecule has 0 aliphatic carbocycles. The van der Waals surface area contributed by atoms with Gasteiger partial charge in [-0.1, -0.05) is 32.9 Å². The third-order valence-corrected chi connectivity index (χ3v) is 9.43. The molecule has 0 saturated carbocycles. The molecular formula is C28H36F3N3O5S. The SMILES string of the molecule is CCS(=O)(=O)c1ccc([C@H](CO)NC(=O)c2cnc3c(c2)CN(C[C@@H]2CCC(C(F)(F)F)OC2)C3C(C)C)cc1. The fourth-order valence-electron chi connectivity index (χ4n) is 5.53. The van der Waals surface area contributed by atoms with Gasteiger partial charge in [0, 0.05) is 19.3 Å². The first-order valence-electron chi connectivity index (χ1n) is 13.5. The van der Waals surface area contributed by atoms with Gasteiger partial charge < -0.3 is 15.2 Å². The number of ether oxygens (including phenoxy) is 1. The van der Waals surface area contributed by atoms with Gasteiger partial charge in [-0.2, -0.15) is 13.2 Å². The normalized spacial score (nSPS) is 22.8. The summed E-state index contributed by atoms with van der Waals surface area (Å²) in [6.45, 7) is 6.45. The zero-order chi connectivity index (χ0) is 29.2. The lowest BCUT2D eigenvalue weighted by Gasteiger charge is -2.35. The van der Waals surface area contributed by atoms with E-state index < -0.39 is 34.1 Å². The second kappa shape index (κ2) is 12.1. The number of amides is 1. The molecule has 0 radical (unpaired) electrons. The van der Waals surface area contributed by atoms with Gasteiger partial charge in [-0.25, -0.2) is 8.42 Å². The summed E-state index contributed by atoms with van der Waals surface area (Å²) >= 11 is 0. The summed E-state index contributed by atoms with van der Waals surface area (Å²) in [6.07, 6.45) is -4.17. The van der Waals surface area contributed by atoms with Crippen molar-refractivity contribution in [3.8, 4) is 0 Å². The van der Waals surface area contributed by atoms with E-state index in [1.165, 1.54) is 18.3 Å². The highest BCUT2D eigenvalue weighted by atomic mass is 32.2. The van der Waals surface area contributed by atoms with Crippen molar-refractivity contribution in [1.82, 2.24) is 15.2 Å². The molecule has 1 amide bonds. The average Bonchev–Trinajstić information content (AvgIpc) is 3.28. The van der Waals surface area contributed by atoms with E-state index in [4.69, 9.17) is 4.74 Å². The number of nitrogens with one attached hydrogen (secondary N) is 1. The number of pyridine rings is 1. The maximum absolute atomic E-state index is 13.1. The Balaban J connectivity index is 1.44. The molecule has 1 saturated heterocycles. The molecule has 1 aromatic heterocycles. The van der Waals surface area contributed by atoms with E-state index in [0.29, 0.717) is 30.6 Å². The number of alkyl halides is 3. The van der Waals surface area contributed by atoms with Crippen molar-refractivity contribution in [3.05, 3.63) is 58.9 Å². The number of hydrogen-bond acceptors (Lipinski definition) is 7. The number of fused-ring (bicyclic) bond motifs is 1. The van der Waals surface area contributed by atoms with Crippen LogP contribution in [0.1, 0.15) is 72.9 Å². The molecule has 220 valence electrons. The largest absolute Gasteiger partial charge is 0.414 e. The van der Waals surface area contributed by atoms with Crippen LogP contribution in [-0.2, 0) is 21.1 Å². The standard InChI is InChI=1S/C28H36F3N3O5S/c1-4-40(37,38)22-8-6-19(7-9-22)23(15-35)33-27(36)20-11-21-14-34(26(17(2)3)25(21)32-12-20)13-18-5-10-24(39-16-18)28(29,30)31/h6-9,11-12,17-18,23-24,26,35H,4-5,10,13-16H2,1-3H3,(H,33,36)/t18-,23-,24?,26?/m0/s1. The van der Waals surface area contributed by atoms with Crippen molar-refractivity contribution >= 4 is 15.7 Å². The van der Waals surface area contributed by atoms with E-state index in [1.54, 1.807) is 25.1 Å². The molecule has 1 aromatic carbocycles. The summed E-state index contributed by atoms with van der Waals surface area (Å²) in [4.78, 5) is 20.1. The van der Waals surface area contributed by atoms with E-state index in [-0.39, 0.29) is 48.2 Å². The molecule has 2 aliphatic heterocycles. The highest BCUT2D eigenvalue weighted by Gasteiger charge is 2.44. The third-order valence-electron chi connectivity index (χ3n) is 7.68. The Kier molecular flexibility index (Phi) is 9.23. The van der Waals surface area contributed by atoms with Crippen LogP contribution < -0.4 is 5.32 Å². The lowest BCUT2D eigenvalue weighted by Crippen LogP contribution is -2.41. The molecule has 0 bridgehead atoms. The molecule has 12 heteroatoms. The minimum absolute atomic E-state index is 0.0269. The summed E-state index contributed by atoms with van der Waals surface area (Å²) in [5, 5.41) is 12.7. The Morgan fingerprint density at radius 1 is 1.23 bits per heavy atom. The third kappa shape index (κ3) is 6.67. The molecule has 8 nitrogen and oxygen atoms in total. The topological polar surface area (TPSA) is 109 Å². The number of halogens is 3. The minimum Gasteiger partial charge on any atom is -0.394 e. The summed E-state index contributed by atoms with van der Waals surface area (Å²) in [5.74, 6) is -0.294. The van der Waals surface area contributed by atoms with E-state index in [9.17, 15) is 31.5 Å². The fourth-order valence-corrected chi connectivity index (χ4v) is 6.42. The molecule has 2 aliphatic rings. The molecule has 3 heterocycles. The molecule has 40 heavy (non-hydrogen) atoms. The number of nitrogens with zero attached hydrogens (tertiary/aromatic N) is 2. The van der Waals surface area contributed by atoms with Gasteiger partial charge in [0.2, 0.25) is 0 Å². The van der Waals surface area contributed by atoms with Gasteiger partial charge in [0.15, 0.2) is 15.9 Å². The molecular weight excluding hydrogens is 547 g/mol. The number of aromatic nitrogens is 1. The molecule has 4 rings (SSSR count). The molecule has 0 spiro atoms. The number of carbonyl (C=O) groups excluding carboxylic acids is 1. The van der Waals surface area contributed by atoms with Gasteiger partial charge in [-0.3, -0.25) is 14.7 Å². The van der Waals surface area contributed by atoms with Crippen molar-refractivity contribution in [2.45, 2.75) is 69.4 Å². The first kappa shape index (κ1) is 30.4. The zero-order valence-electron chi connectivity index (χ0n) is 22.8. The summed E-state index contributed by atoms with van der Waals surface area (Å²) in [7, 11) is -3.37. The number of aliphatic hydroxyl groups excluding tert-OH is 1. The van der Waals surface area contributed by atoms with Crippen LogP contribution in [0.2, 0.25) is 0 Å². The summed E-state index contributed by atoms with van der Waals surface area (Å²) < 4.78 is 68.2. The Bertz CT molecular complexity index is 1290. The number of rotatable bonds is 9. The predicted octanol–water partition coefficient (Wildman–Crippen LogP) is 4.21. The van der Waals surface area contributed by atoms with Gasteiger partial charge in [0.05, 0.1) is 47.2 Å². The Labute approximate surface area is 232 Å². The first-order valence-corrected chi connectivity index (χ1v) is 15.1.